The smallest absolute Gasteiger partial charge is 0.156 e. The molecule has 0 fully saturated rings. The van der Waals surface area contributed by atoms with Gasteiger partial charge in [0.15, 0.2) is 5.82 Å². The molecule has 0 aliphatic carbocycles. The third kappa shape index (κ3) is 1.50. The van der Waals surface area contributed by atoms with E-state index in [-0.39, 0.29) is 5.82 Å². The summed E-state index contributed by atoms with van der Waals surface area (Å²) in [6.45, 7) is 1.80. The van der Waals surface area contributed by atoms with E-state index in [9.17, 15) is 4.39 Å². The molecule has 0 aliphatic heterocycles. The molecule has 1 heterocycles. The third-order valence-electron chi connectivity index (χ3n) is 1.44. The highest BCUT2D eigenvalue weighted by Crippen LogP contribution is 2.23. The lowest BCUT2D eigenvalue weighted by atomic mass is 10.3. The number of hydrogen-bond donors (Lipinski definition) is 1. The maximum Gasteiger partial charge on any atom is 0.156 e. The third-order valence-corrected chi connectivity index (χ3v) is 2.41. The van der Waals surface area contributed by atoms with Crippen molar-refractivity contribution in [2.45, 2.75) is 6.92 Å². The Kier molecular flexibility index (Phi) is 2.44. The van der Waals surface area contributed by atoms with E-state index in [1.165, 1.54) is 6.20 Å². The molecule has 4 heteroatoms. The van der Waals surface area contributed by atoms with Crippen LogP contribution in [-0.2, 0) is 0 Å². The molecule has 60 valence electrons. The van der Waals surface area contributed by atoms with Gasteiger partial charge in [-0.3, -0.25) is 0 Å². The predicted octanol–water partition coefficient (Wildman–Crippen LogP) is 2.33. The van der Waals surface area contributed by atoms with Gasteiger partial charge in [0, 0.05) is 12.6 Å². The van der Waals surface area contributed by atoms with Crippen LogP contribution in [-0.4, -0.2) is 12.0 Å². The van der Waals surface area contributed by atoms with E-state index in [4.69, 9.17) is 0 Å². The van der Waals surface area contributed by atoms with E-state index >= 15 is 0 Å². The van der Waals surface area contributed by atoms with E-state index in [0.29, 0.717) is 10.3 Å². The number of nitrogens with zero attached hydrogens (tertiary/aromatic N) is 1. The van der Waals surface area contributed by atoms with Crippen LogP contribution in [0.4, 0.5) is 10.2 Å². The van der Waals surface area contributed by atoms with Crippen molar-refractivity contribution in [2.75, 3.05) is 12.4 Å². The fourth-order valence-electron chi connectivity index (χ4n) is 0.810. The van der Waals surface area contributed by atoms with Gasteiger partial charge in [-0.05, 0) is 22.9 Å². The molecule has 1 aromatic rings. The quantitative estimate of drug-likeness (QED) is 0.783. The fraction of sp³-hybridized carbons (Fsp3) is 0.286. The van der Waals surface area contributed by atoms with Crippen LogP contribution < -0.4 is 5.32 Å². The number of rotatable bonds is 1. The van der Waals surface area contributed by atoms with Crippen molar-refractivity contribution < 1.29 is 4.39 Å². The Morgan fingerprint density at radius 2 is 2.27 bits per heavy atom. The molecular weight excluding hydrogens is 211 g/mol. The van der Waals surface area contributed by atoms with Crippen molar-refractivity contribution in [3.63, 3.8) is 0 Å². The molecule has 0 radical (unpaired) electrons. The van der Waals surface area contributed by atoms with Gasteiger partial charge in [0.05, 0.1) is 10.7 Å². The average Bonchev–Trinajstić information content (AvgIpc) is 2.01. The molecule has 0 bridgehead atoms. The Hall–Kier alpha value is -0.640. The van der Waals surface area contributed by atoms with Crippen molar-refractivity contribution in [1.29, 1.82) is 0 Å². The zero-order chi connectivity index (χ0) is 8.43. The Bertz CT molecular complexity index is 275. The van der Waals surface area contributed by atoms with Crippen molar-refractivity contribution in [3.8, 4) is 0 Å². The monoisotopic (exact) mass is 218 g/mol. The van der Waals surface area contributed by atoms with E-state index in [1.807, 2.05) is 0 Å². The van der Waals surface area contributed by atoms with Gasteiger partial charge in [-0.15, -0.1) is 0 Å². The highest BCUT2D eigenvalue weighted by Gasteiger charge is 2.06. The SMILES string of the molecule is CNc1ncc(F)c(Br)c1C. The molecule has 1 aromatic heterocycles. The Balaban J connectivity index is 3.25. The summed E-state index contributed by atoms with van der Waals surface area (Å²) in [5.74, 6) is 0.361. The highest BCUT2D eigenvalue weighted by molar-refractivity contribution is 9.10. The standard InChI is InChI=1S/C7H8BrFN2/c1-4-6(8)5(9)3-11-7(4)10-2/h3H,1-2H3,(H,10,11). The molecule has 0 amide bonds. The lowest BCUT2D eigenvalue weighted by Crippen LogP contribution is -1.97. The van der Waals surface area contributed by atoms with Crippen LogP contribution in [0.1, 0.15) is 5.56 Å². The first-order chi connectivity index (χ1) is 5.16. The number of anilines is 1. The van der Waals surface area contributed by atoms with E-state index in [0.717, 1.165) is 5.56 Å². The molecule has 0 spiro atoms. The minimum absolute atomic E-state index is 0.332. The lowest BCUT2D eigenvalue weighted by Gasteiger charge is -2.05. The van der Waals surface area contributed by atoms with Gasteiger partial charge >= 0.3 is 0 Å². The number of aromatic nitrogens is 1. The second-order valence-corrected chi connectivity index (χ2v) is 2.94. The summed E-state index contributed by atoms with van der Waals surface area (Å²) in [4.78, 5) is 3.84. The van der Waals surface area contributed by atoms with Crippen LogP contribution in [0.3, 0.4) is 0 Å². The van der Waals surface area contributed by atoms with Crippen LogP contribution in [0.2, 0.25) is 0 Å². The molecule has 0 aliphatic rings. The topological polar surface area (TPSA) is 24.9 Å². The Morgan fingerprint density at radius 3 is 2.82 bits per heavy atom. The second kappa shape index (κ2) is 3.17. The second-order valence-electron chi connectivity index (χ2n) is 2.14. The zero-order valence-corrected chi connectivity index (χ0v) is 7.87. The predicted molar refractivity (Wildman–Crippen MR) is 46.2 cm³/mol. The summed E-state index contributed by atoms with van der Waals surface area (Å²) in [5.41, 5.74) is 0.785. The van der Waals surface area contributed by atoms with Gasteiger partial charge in [-0.2, -0.15) is 0 Å². The summed E-state index contributed by atoms with van der Waals surface area (Å²) < 4.78 is 13.2. The normalized spacial score (nSPS) is 9.82. The summed E-state index contributed by atoms with van der Waals surface area (Å²) >= 11 is 3.12. The largest absolute Gasteiger partial charge is 0.373 e. The first kappa shape index (κ1) is 8.46. The maximum absolute atomic E-state index is 12.8. The Morgan fingerprint density at radius 1 is 1.64 bits per heavy atom. The minimum Gasteiger partial charge on any atom is -0.373 e. The molecule has 1 N–H and O–H groups in total. The van der Waals surface area contributed by atoms with Crippen LogP contribution in [0, 0.1) is 12.7 Å². The van der Waals surface area contributed by atoms with Crippen LogP contribution in [0.5, 0.6) is 0 Å². The number of hydrogen-bond acceptors (Lipinski definition) is 2. The van der Waals surface area contributed by atoms with Crippen molar-refractivity contribution in [1.82, 2.24) is 4.98 Å². The Labute approximate surface area is 73.0 Å². The summed E-state index contributed by atoms with van der Waals surface area (Å²) in [6, 6.07) is 0. The average molecular weight is 219 g/mol. The van der Waals surface area contributed by atoms with E-state index < -0.39 is 0 Å². The molecule has 0 aromatic carbocycles. The number of nitrogens with one attached hydrogen (secondary N) is 1. The summed E-state index contributed by atoms with van der Waals surface area (Å²) in [5, 5.41) is 2.86. The molecule has 11 heavy (non-hydrogen) atoms. The van der Waals surface area contributed by atoms with Crippen LogP contribution in [0.25, 0.3) is 0 Å². The minimum atomic E-state index is -0.332. The zero-order valence-electron chi connectivity index (χ0n) is 6.28. The van der Waals surface area contributed by atoms with Crippen molar-refractivity contribution in [3.05, 3.63) is 22.1 Å². The van der Waals surface area contributed by atoms with Crippen LogP contribution in [0.15, 0.2) is 10.7 Å². The lowest BCUT2D eigenvalue weighted by molar-refractivity contribution is 0.613. The fourth-order valence-corrected chi connectivity index (χ4v) is 1.10. The number of pyridine rings is 1. The molecule has 0 unspecified atom stereocenters. The van der Waals surface area contributed by atoms with Gasteiger partial charge in [0.2, 0.25) is 0 Å². The molecule has 0 saturated heterocycles. The van der Waals surface area contributed by atoms with Gasteiger partial charge < -0.3 is 5.32 Å². The van der Waals surface area contributed by atoms with E-state index in [2.05, 4.69) is 26.2 Å². The van der Waals surface area contributed by atoms with E-state index in [1.54, 1.807) is 14.0 Å². The summed E-state index contributed by atoms with van der Waals surface area (Å²) in [7, 11) is 1.75. The van der Waals surface area contributed by atoms with Gasteiger partial charge in [0.1, 0.15) is 5.82 Å². The first-order valence-electron chi connectivity index (χ1n) is 3.15. The van der Waals surface area contributed by atoms with Crippen LogP contribution >= 0.6 is 15.9 Å². The summed E-state index contributed by atoms with van der Waals surface area (Å²) in [6.07, 6.45) is 1.18. The molecular formula is C7H8BrFN2. The first-order valence-corrected chi connectivity index (χ1v) is 3.94. The van der Waals surface area contributed by atoms with Gasteiger partial charge in [-0.1, -0.05) is 0 Å². The molecule has 0 saturated carbocycles. The molecule has 0 atom stereocenters. The maximum atomic E-state index is 12.8. The molecule has 1 rings (SSSR count). The number of halogens is 2. The van der Waals surface area contributed by atoms with Crippen molar-refractivity contribution >= 4 is 21.7 Å². The highest BCUT2D eigenvalue weighted by atomic mass is 79.9. The molecule has 2 nitrogen and oxygen atoms in total. The van der Waals surface area contributed by atoms with Gasteiger partial charge in [-0.25, -0.2) is 9.37 Å². The van der Waals surface area contributed by atoms with Gasteiger partial charge in [0.25, 0.3) is 0 Å². The van der Waals surface area contributed by atoms with Crippen molar-refractivity contribution in [2.24, 2.45) is 0 Å².